The van der Waals surface area contributed by atoms with Crippen molar-refractivity contribution in [3.05, 3.63) is 42.5 Å². The Morgan fingerprint density at radius 1 is 1.06 bits per heavy atom. The number of hydrogen-bond acceptors (Lipinski definition) is 3. The molecular formula is C15H12O3. The summed E-state index contributed by atoms with van der Waals surface area (Å²) in [6.07, 6.45) is 0.279. The first kappa shape index (κ1) is 9.97. The van der Waals surface area contributed by atoms with E-state index in [1.165, 1.54) is 0 Å². The molecule has 1 aliphatic rings. The van der Waals surface area contributed by atoms with Gasteiger partial charge in [0, 0.05) is 10.8 Å². The molecule has 3 heteroatoms. The highest BCUT2D eigenvalue weighted by Crippen LogP contribution is 2.31. The zero-order valence-electron chi connectivity index (χ0n) is 9.76. The van der Waals surface area contributed by atoms with Gasteiger partial charge in [0.1, 0.15) is 29.6 Å². The standard InChI is InChI=1S/C15H12O3/c1-2-4-14-12(3-1)13-7-10(5-6-15(13)18-14)16-8-11-9-17-11/h1-7,11H,8-9H2. The summed E-state index contributed by atoms with van der Waals surface area (Å²) in [4.78, 5) is 0. The topological polar surface area (TPSA) is 34.9 Å². The minimum atomic E-state index is 0.279. The first-order chi connectivity index (χ1) is 8.90. The second kappa shape index (κ2) is 3.75. The molecule has 0 bridgehead atoms. The van der Waals surface area contributed by atoms with Crippen LogP contribution >= 0.6 is 0 Å². The summed E-state index contributed by atoms with van der Waals surface area (Å²) in [5.74, 6) is 0.865. The number of para-hydroxylation sites is 1. The normalized spacial score (nSPS) is 18.3. The van der Waals surface area contributed by atoms with Crippen molar-refractivity contribution < 1.29 is 13.9 Å². The van der Waals surface area contributed by atoms with Gasteiger partial charge >= 0.3 is 0 Å². The van der Waals surface area contributed by atoms with Gasteiger partial charge in [0.15, 0.2) is 0 Å². The number of hydrogen-bond donors (Lipinski definition) is 0. The Balaban J connectivity index is 1.79. The molecule has 1 saturated heterocycles. The summed E-state index contributed by atoms with van der Waals surface area (Å²) < 4.78 is 16.6. The molecule has 1 unspecified atom stereocenters. The van der Waals surface area contributed by atoms with Crippen LogP contribution in [0.15, 0.2) is 46.9 Å². The highest BCUT2D eigenvalue weighted by Gasteiger charge is 2.23. The minimum Gasteiger partial charge on any atom is -0.491 e. The van der Waals surface area contributed by atoms with Crippen molar-refractivity contribution in [3.63, 3.8) is 0 Å². The number of rotatable bonds is 3. The van der Waals surface area contributed by atoms with Gasteiger partial charge in [0.2, 0.25) is 0 Å². The molecule has 1 fully saturated rings. The highest BCUT2D eigenvalue weighted by molar-refractivity contribution is 6.05. The third kappa shape index (κ3) is 1.64. The minimum absolute atomic E-state index is 0.279. The number of fused-ring (bicyclic) bond motifs is 3. The van der Waals surface area contributed by atoms with E-state index in [2.05, 4.69) is 6.07 Å². The fraction of sp³-hybridized carbons (Fsp3) is 0.200. The van der Waals surface area contributed by atoms with Crippen molar-refractivity contribution in [2.45, 2.75) is 6.10 Å². The van der Waals surface area contributed by atoms with E-state index in [1.54, 1.807) is 0 Å². The van der Waals surface area contributed by atoms with Crippen LogP contribution in [0.2, 0.25) is 0 Å². The summed E-state index contributed by atoms with van der Waals surface area (Å²) >= 11 is 0. The van der Waals surface area contributed by atoms with Crippen LogP contribution in [-0.4, -0.2) is 19.3 Å². The molecule has 2 heterocycles. The van der Waals surface area contributed by atoms with Crippen molar-refractivity contribution >= 4 is 21.9 Å². The first-order valence-electron chi connectivity index (χ1n) is 6.06. The summed E-state index contributed by atoms with van der Waals surface area (Å²) in [6.45, 7) is 1.44. The highest BCUT2D eigenvalue weighted by atomic mass is 16.6. The maximum atomic E-state index is 5.77. The molecule has 90 valence electrons. The lowest BCUT2D eigenvalue weighted by atomic mass is 10.1. The van der Waals surface area contributed by atoms with Crippen molar-refractivity contribution in [1.29, 1.82) is 0 Å². The van der Waals surface area contributed by atoms with Crippen LogP contribution in [-0.2, 0) is 4.74 Å². The molecule has 3 nitrogen and oxygen atoms in total. The van der Waals surface area contributed by atoms with E-state index in [-0.39, 0.29) is 6.10 Å². The molecule has 1 aromatic heterocycles. The largest absolute Gasteiger partial charge is 0.491 e. The molecule has 0 saturated carbocycles. The van der Waals surface area contributed by atoms with E-state index >= 15 is 0 Å². The van der Waals surface area contributed by atoms with Crippen LogP contribution < -0.4 is 4.74 Å². The van der Waals surface area contributed by atoms with E-state index in [1.807, 2.05) is 36.4 Å². The predicted octanol–water partition coefficient (Wildman–Crippen LogP) is 3.36. The molecule has 0 radical (unpaired) electrons. The molecule has 0 amide bonds. The summed E-state index contributed by atoms with van der Waals surface area (Å²) in [5.41, 5.74) is 1.81. The summed E-state index contributed by atoms with van der Waals surface area (Å²) in [5, 5.41) is 2.22. The van der Waals surface area contributed by atoms with Gasteiger partial charge < -0.3 is 13.9 Å². The third-order valence-corrected chi connectivity index (χ3v) is 3.19. The van der Waals surface area contributed by atoms with Gasteiger partial charge in [0.05, 0.1) is 6.61 Å². The van der Waals surface area contributed by atoms with E-state index in [9.17, 15) is 0 Å². The Labute approximate surface area is 104 Å². The molecular weight excluding hydrogens is 228 g/mol. The third-order valence-electron chi connectivity index (χ3n) is 3.19. The fourth-order valence-corrected chi connectivity index (χ4v) is 2.15. The maximum Gasteiger partial charge on any atom is 0.135 e. The molecule has 0 aliphatic carbocycles. The van der Waals surface area contributed by atoms with Crippen molar-refractivity contribution in [2.75, 3.05) is 13.2 Å². The van der Waals surface area contributed by atoms with Crippen LogP contribution in [0.25, 0.3) is 21.9 Å². The summed E-state index contributed by atoms with van der Waals surface area (Å²) in [6, 6.07) is 14.0. The van der Waals surface area contributed by atoms with Gasteiger partial charge in [-0.1, -0.05) is 18.2 Å². The van der Waals surface area contributed by atoms with Gasteiger partial charge in [-0.2, -0.15) is 0 Å². The Morgan fingerprint density at radius 3 is 2.78 bits per heavy atom. The first-order valence-corrected chi connectivity index (χ1v) is 6.06. The lowest BCUT2D eigenvalue weighted by Gasteiger charge is -2.03. The van der Waals surface area contributed by atoms with Crippen molar-refractivity contribution in [2.24, 2.45) is 0 Å². The predicted molar refractivity (Wildman–Crippen MR) is 69.0 cm³/mol. The van der Waals surface area contributed by atoms with Crippen LogP contribution in [0.3, 0.4) is 0 Å². The quantitative estimate of drug-likeness (QED) is 0.658. The lowest BCUT2D eigenvalue weighted by molar-refractivity contribution is 0.263. The van der Waals surface area contributed by atoms with E-state index in [4.69, 9.17) is 13.9 Å². The zero-order chi connectivity index (χ0) is 11.9. The number of epoxide rings is 1. The van der Waals surface area contributed by atoms with Crippen LogP contribution in [0.5, 0.6) is 5.75 Å². The second-order valence-electron chi connectivity index (χ2n) is 4.52. The van der Waals surface area contributed by atoms with E-state index in [0.29, 0.717) is 6.61 Å². The Bertz CT molecular complexity index is 710. The Hall–Kier alpha value is -2.00. The monoisotopic (exact) mass is 240 g/mol. The Morgan fingerprint density at radius 2 is 1.89 bits per heavy atom. The zero-order valence-corrected chi connectivity index (χ0v) is 9.76. The molecule has 18 heavy (non-hydrogen) atoms. The average molecular weight is 240 g/mol. The smallest absolute Gasteiger partial charge is 0.135 e. The maximum absolute atomic E-state index is 5.77. The number of ether oxygens (including phenoxy) is 2. The molecule has 0 spiro atoms. The van der Waals surface area contributed by atoms with Crippen molar-refractivity contribution in [1.82, 2.24) is 0 Å². The van der Waals surface area contributed by atoms with Crippen LogP contribution in [0, 0.1) is 0 Å². The average Bonchev–Trinajstić information content (AvgIpc) is 3.16. The summed E-state index contributed by atoms with van der Waals surface area (Å²) in [7, 11) is 0. The van der Waals surface area contributed by atoms with Gasteiger partial charge in [-0.05, 0) is 24.3 Å². The molecule has 0 N–H and O–H groups in total. The number of benzene rings is 2. The van der Waals surface area contributed by atoms with E-state index < -0.39 is 0 Å². The van der Waals surface area contributed by atoms with Crippen LogP contribution in [0.4, 0.5) is 0 Å². The van der Waals surface area contributed by atoms with Crippen molar-refractivity contribution in [3.8, 4) is 5.75 Å². The fourth-order valence-electron chi connectivity index (χ4n) is 2.15. The molecule has 2 aromatic carbocycles. The SMILES string of the molecule is c1ccc2c(c1)oc1ccc(OCC3CO3)cc12. The van der Waals surface area contributed by atoms with Crippen LogP contribution in [0.1, 0.15) is 0 Å². The van der Waals surface area contributed by atoms with E-state index in [0.717, 1.165) is 34.3 Å². The van der Waals surface area contributed by atoms with Gasteiger partial charge in [-0.15, -0.1) is 0 Å². The molecule has 3 aromatic rings. The van der Waals surface area contributed by atoms with Gasteiger partial charge in [0.25, 0.3) is 0 Å². The molecule has 1 aliphatic heterocycles. The van der Waals surface area contributed by atoms with Gasteiger partial charge in [-0.25, -0.2) is 0 Å². The second-order valence-corrected chi connectivity index (χ2v) is 4.52. The molecule has 1 atom stereocenters. The van der Waals surface area contributed by atoms with Gasteiger partial charge in [-0.3, -0.25) is 0 Å². The Kier molecular flexibility index (Phi) is 2.08. The molecule has 4 rings (SSSR count). The lowest BCUT2D eigenvalue weighted by Crippen LogP contribution is -2.03. The number of furan rings is 1.